The number of rotatable bonds is 4. The van der Waals surface area contributed by atoms with Crippen molar-refractivity contribution >= 4 is 10.0 Å². The molecular formula is C15H19N3O2S. The number of nitrogens with zero attached hydrogens (tertiary/aromatic N) is 2. The van der Waals surface area contributed by atoms with Gasteiger partial charge < -0.3 is 0 Å². The topological polar surface area (TPSA) is 64.0 Å². The lowest BCUT2D eigenvalue weighted by Gasteiger charge is -2.15. The normalized spacial score (nSPS) is 14.9. The average Bonchev–Trinajstić information content (AvgIpc) is 2.84. The lowest BCUT2D eigenvalue weighted by molar-refractivity contribution is 0.584. The molecule has 0 atom stereocenters. The molecule has 112 valence electrons. The van der Waals surface area contributed by atoms with E-state index in [0.29, 0.717) is 0 Å². The van der Waals surface area contributed by atoms with E-state index < -0.39 is 10.0 Å². The molecule has 0 bridgehead atoms. The van der Waals surface area contributed by atoms with E-state index in [1.54, 1.807) is 0 Å². The second kappa shape index (κ2) is 5.61. The maximum atomic E-state index is 11.3. The summed E-state index contributed by atoms with van der Waals surface area (Å²) in [6.45, 7) is 0.223. The standard InChI is InChI=1S/C15H19N3O2S/c1-21(19,20)16-11-15-17-13-9-5-6-10-14(13)18(15)12-7-3-2-4-8-12/h2-4,7-8,16H,5-6,9-11H2,1H3. The summed E-state index contributed by atoms with van der Waals surface area (Å²) in [7, 11) is -3.23. The Hall–Kier alpha value is -1.66. The fourth-order valence-electron chi connectivity index (χ4n) is 2.79. The van der Waals surface area contributed by atoms with Gasteiger partial charge in [-0.1, -0.05) is 18.2 Å². The molecule has 0 saturated carbocycles. The number of aryl methyl sites for hydroxylation is 1. The predicted molar refractivity (Wildman–Crippen MR) is 81.9 cm³/mol. The third kappa shape index (κ3) is 3.16. The summed E-state index contributed by atoms with van der Waals surface area (Å²) >= 11 is 0. The minimum Gasteiger partial charge on any atom is -0.299 e. The molecule has 3 rings (SSSR count). The van der Waals surface area contributed by atoms with E-state index in [4.69, 9.17) is 0 Å². The van der Waals surface area contributed by atoms with Gasteiger partial charge in [0, 0.05) is 11.4 Å². The minimum absolute atomic E-state index is 0.223. The van der Waals surface area contributed by atoms with E-state index in [1.807, 2.05) is 30.3 Å². The fraction of sp³-hybridized carbons (Fsp3) is 0.400. The molecule has 21 heavy (non-hydrogen) atoms. The summed E-state index contributed by atoms with van der Waals surface area (Å²) in [5, 5.41) is 0. The summed E-state index contributed by atoms with van der Waals surface area (Å²) in [5.41, 5.74) is 3.37. The Morgan fingerprint density at radius 2 is 1.90 bits per heavy atom. The van der Waals surface area contributed by atoms with E-state index in [2.05, 4.69) is 14.3 Å². The largest absolute Gasteiger partial charge is 0.299 e. The Labute approximate surface area is 125 Å². The van der Waals surface area contributed by atoms with Crippen molar-refractivity contribution < 1.29 is 8.42 Å². The van der Waals surface area contributed by atoms with Gasteiger partial charge in [0.05, 0.1) is 18.5 Å². The van der Waals surface area contributed by atoms with Crippen LogP contribution in [-0.2, 0) is 29.4 Å². The molecule has 6 heteroatoms. The van der Waals surface area contributed by atoms with Crippen molar-refractivity contribution in [2.24, 2.45) is 0 Å². The highest BCUT2D eigenvalue weighted by molar-refractivity contribution is 7.88. The molecule has 0 fully saturated rings. The lowest BCUT2D eigenvalue weighted by atomic mass is 10.0. The molecule has 1 aromatic carbocycles. The zero-order chi connectivity index (χ0) is 14.9. The van der Waals surface area contributed by atoms with Gasteiger partial charge in [0.2, 0.25) is 10.0 Å². The van der Waals surface area contributed by atoms with E-state index >= 15 is 0 Å². The van der Waals surface area contributed by atoms with Crippen molar-refractivity contribution in [3.05, 3.63) is 47.5 Å². The molecule has 1 aliphatic carbocycles. The van der Waals surface area contributed by atoms with Gasteiger partial charge >= 0.3 is 0 Å². The van der Waals surface area contributed by atoms with Gasteiger partial charge in [0.1, 0.15) is 5.82 Å². The van der Waals surface area contributed by atoms with Crippen molar-refractivity contribution in [2.45, 2.75) is 32.2 Å². The van der Waals surface area contributed by atoms with E-state index in [1.165, 1.54) is 11.9 Å². The molecule has 0 radical (unpaired) electrons. The van der Waals surface area contributed by atoms with Crippen molar-refractivity contribution in [1.29, 1.82) is 0 Å². The number of para-hydroxylation sites is 1. The first-order valence-corrected chi connectivity index (χ1v) is 9.03. The maximum absolute atomic E-state index is 11.3. The summed E-state index contributed by atoms with van der Waals surface area (Å²) in [5.74, 6) is 0.763. The summed E-state index contributed by atoms with van der Waals surface area (Å²) in [4.78, 5) is 4.67. The molecule has 5 nitrogen and oxygen atoms in total. The van der Waals surface area contributed by atoms with Gasteiger partial charge in [0.15, 0.2) is 0 Å². The molecule has 1 N–H and O–H groups in total. The first kappa shape index (κ1) is 14.3. The number of sulfonamides is 1. The number of aromatic nitrogens is 2. The second-order valence-corrected chi connectivity index (χ2v) is 7.23. The van der Waals surface area contributed by atoms with Crippen LogP contribution in [0.1, 0.15) is 30.1 Å². The fourth-order valence-corrected chi connectivity index (χ4v) is 3.18. The molecular weight excluding hydrogens is 286 g/mol. The maximum Gasteiger partial charge on any atom is 0.209 e. The van der Waals surface area contributed by atoms with Crippen LogP contribution in [0.25, 0.3) is 5.69 Å². The van der Waals surface area contributed by atoms with E-state index in [-0.39, 0.29) is 6.54 Å². The number of hydrogen-bond acceptors (Lipinski definition) is 3. The molecule has 0 aliphatic heterocycles. The Kier molecular flexibility index (Phi) is 3.82. The molecule has 0 saturated heterocycles. The van der Waals surface area contributed by atoms with Crippen LogP contribution in [0, 0.1) is 0 Å². The Morgan fingerprint density at radius 3 is 2.62 bits per heavy atom. The molecule has 1 aromatic heterocycles. The third-order valence-electron chi connectivity index (χ3n) is 3.71. The molecule has 2 aromatic rings. The van der Waals surface area contributed by atoms with Crippen LogP contribution in [0.15, 0.2) is 30.3 Å². The highest BCUT2D eigenvalue weighted by Gasteiger charge is 2.21. The van der Waals surface area contributed by atoms with Crippen LogP contribution in [0.4, 0.5) is 0 Å². The van der Waals surface area contributed by atoms with Crippen molar-refractivity contribution in [3.63, 3.8) is 0 Å². The number of imidazole rings is 1. The average molecular weight is 305 g/mol. The van der Waals surface area contributed by atoms with Crippen molar-refractivity contribution in [3.8, 4) is 5.69 Å². The number of benzene rings is 1. The molecule has 0 amide bonds. The van der Waals surface area contributed by atoms with Gasteiger partial charge in [-0.05, 0) is 37.8 Å². The quantitative estimate of drug-likeness (QED) is 0.937. The van der Waals surface area contributed by atoms with Gasteiger partial charge in [-0.25, -0.2) is 18.1 Å². The smallest absolute Gasteiger partial charge is 0.209 e. The Morgan fingerprint density at radius 1 is 1.19 bits per heavy atom. The van der Waals surface area contributed by atoms with Crippen LogP contribution >= 0.6 is 0 Å². The molecule has 1 heterocycles. The van der Waals surface area contributed by atoms with Crippen LogP contribution in [0.3, 0.4) is 0 Å². The van der Waals surface area contributed by atoms with Crippen LogP contribution in [0.2, 0.25) is 0 Å². The summed E-state index contributed by atoms with van der Waals surface area (Å²) in [6.07, 6.45) is 5.45. The SMILES string of the molecule is CS(=O)(=O)NCc1nc2c(n1-c1ccccc1)CCCC2. The lowest BCUT2D eigenvalue weighted by Crippen LogP contribution is -2.23. The Bertz CT molecular complexity index is 736. The number of fused-ring (bicyclic) bond motifs is 1. The molecule has 1 aliphatic rings. The third-order valence-corrected chi connectivity index (χ3v) is 4.38. The van der Waals surface area contributed by atoms with Crippen molar-refractivity contribution in [1.82, 2.24) is 14.3 Å². The van der Waals surface area contributed by atoms with Crippen LogP contribution < -0.4 is 4.72 Å². The van der Waals surface area contributed by atoms with E-state index in [0.717, 1.165) is 42.9 Å². The van der Waals surface area contributed by atoms with Gasteiger partial charge in [-0.2, -0.15) is 0 Å². The highest BCUT2D eigenvalue weighted by atomic mass is 32.2. The van der Waals surface area contributed by atoms with Gasteiger partial charge in [-0.15, -0.1) is 0 Å². The number of nitrogens with one attached hydrogen (secondary N) is 1. The zero-order valence-corrected chi connectivity index (χ0v) is 12.9. The molecule has 0 spiro atoms. The molecule has 0 unspecified atom stereocenters. The first-order chi connectivity index (χ1) is 10.0. The zero-order valence-electron chi connectivity index (χ0n) is 12.0. The first-order valence-electron chi connectivity index (χ1n) is 7.14. The van der Waals surface area contributed by atoms with Gasteiger partial charge in [0.25, 0.3) is 0 Å². The van der Waals surface area contributed by atoms with E-state index in [9.17, 15) is 8.42 Å². The van der Waals surface area contributed by atoms with Gasteiger partial charge in [-0.3, -0.25) is 4.57 Å². The summed E-state index contributed by atoms with van der Waals surface area (Å²) in [6, 6.07) is 10.00. The number of hydrogen-bond donors (Lipinski definition) is 1. The predicted octanol–water partition coefficient (Wildman–Crippen LogP) is 1.80. The minimum atomic E-state index is -3.23. The Balaban J connectivity index is 2.04. The van der Waals surface area contributed by atoms with Crippen molar-refractivity contribution in [2.75, 3.05) is 6.26 Å². The summed E-state index contributed by atoms with van der Waals surface area (Å²) < 4.78 is 27.3. The second-order valence-electron chi connectivity index (χ2n) is 5.39. The van der Waals surface area contributed by atoms with Crippen LogP contribution in [-0.4, -0.2) is 24.2 Å². The monoisotopic (exact) mass is 305 g/mol. The highest BCUT2D eigenvalue weighted by Crippen LogP contribution is 2.25. The van der Waals surface area contributed by atoms with Crippen LogP contribution in [0.5, 0.6) is 0 Å².